The standard InChI is InChI=1S/C5H6Cl2O3.C4H5NO2/c6-4(8)2-1-3-5(9)10-7;6-3-1-2-4(7)5-3/h1-3H2;1-2H2,(H,5,6,7). The molecule has 0 aromatic carbocycles. The van der Waals surface area contributed by atoms with E-state index in [1.165, 1.54) is 0 Å². The molecule has 1 N–H and O–H groups in total. The van der Waals surface area contributed by atoms with Crippen LogP contribution in [0.1, 0.15) is 32.1 Å². The normalized spacial score (nSPS) is 13.5. The SMILES string of the molecule is O=C(Cl)CCCC(=O)OCl.O=C1CCC(=O)N1. The van der Waals surface area contributed by atoms with Gasteiger partial charge in [-0.05, 0) is 18.0 Å². The van der Waals surface area contributed by atoms with Crippen molar-refractivity contribution in [2.45, 2.75) is 32.1 Å². The molecule has 0 aromatic rings. The first kappa shape index (κ1) is 15.9. The van der Waals surface area contributed by atoms with Crippen LogP contribution in [0.15, 0.2) is 0 Å². The highest BCUT2D eigenvalue weighted by atomic mass is 35.5. The summed E-state index contributed by atoms with van der Waals surface area (Å²) in [7, 11) is 0. The zero-order valence-electron chi connectivity index (χ0n) is 8.83. The average Bonchev–Trinajstić information content (AvgIpc) is 2.62. The van der Waals surface area contributed by atoms with E-state index in [1.807, 2.05) is 0 Å². The van der Waals surface area contributed by atoms with Gasteiger partial charge < -0.3 is 4.29 Å². The second kappa shape index (κ2) is 8.95. The highest BCUT2D eigenvalue weighted by Gasteiger charge is 2.15. The molecular formula is C9H11Cl2NO5. The first-order valence-corrected chi connectivity index (χ1v) is 5.46. The number of hydrogen-bond donors (Lipinski definition) is 1. The van der Waals surface area contributed by atoms with Crippen LogP contribution in [0.2, 0.25) is 0 Å². The first-order valence-electron chi connectivity index (χ1n) is 4.78. The van der Waals surface area contributed by atoms with Crippen molar-refractivity contribution >= 4 is 46.5 Å². The molecule has 0 aromatic heterocycles. The van der Waals surface area contributed by atoms with Crippen LogP contribution < -0.4 is 5.32 Å². The van der Waals surface area contributed by atoms with Gasteiger partial charge in [0.25, 0.3) is 0 Å². The molecule has 0 atom stereocenters. The summed E-state index contributed by atoms with van der Waals surface area (Å²) < 4.78 is 3.81. The van der Waals surface area contributed by atoms with Gasteiger partial charge in [-0.3, -0.25) is 24.5 Å². The Kier molecular flexibility index (Phi) is 8.35. The third-order valence-electron chi connectivity index (χ3n) is 1.70. The van der Waals surface area contributed by atoms with E-state index >= 15 is 0 Å². The fourth-order valence-corrected chi connectivity index (χ4v) is 1.13. The van der Waals surface area contributed by atoms with Gasteiger partial charge >= 0.3 is 5.97 Å². The fraction of sp³-hybridized carbons (Fsp3) is 0.556. The Morgan fingerprint density at radius 2 is 1.71 bits per heavy atom. The molecule has 1 heterocycles. The van der Waals surface area contributed by atoms with Crippen molar-refractivity contribution in [3.8, 4) is 0 Å². The number of carbonyl (C=O) groups excluding carboxylic acids is 4. The van der Waals surface area contributed by atoms with E-state index in [9.17, 15) is 19.2 Å². The zero-order valence-corrected chi connectivity index (χ0v) is 10.3. The summed E-state index contributed by atoms with van der Waals surface area (Å²) in [5.41, 5.74) is 0. The van der Waals surface area contributed by atoms with E-state index < -0.39 is 11.2 Å². The Morgan fingerprint density at radius 1 is 1.18 bits per heavy atom. The van der Waals surface area contributed by atoms with Crippen LogP contribution in [0.5, 0.6) is 0 Å². The van der Waals surface area contributed by atoms with Gasteiger partial charge in [0.1, 0.15) is 11.9 Å². The van der Waals surface area contributed by atoms with Crippen molar-refractivity contribution < 1.29 is 23.5 Å². The lowest BCUT2D eigenvalue weighted by atomic mass is 10.2. The molecule has 0 aliphatic carbocycles. The smallest absolute Gasteiger partial charge is 0.324 e. The van der Waals surface area contributed by atoms with E-state index in [-0.39, 0.29) is 24.7 Å². The lowest BCUT2D eigenvalue weighted by Crippen LogP contribution is -2.18. The molecule has 2 amide bonds. The van der Waals surface area contributed by atoms with Crippen LogP contribution in [0, 0.1) is 0 Å². The minimum atomic E-state index is -0.542. The summed E-state index contributed by atoms with van der Waals surface area (Å²) in [4.78, 5) is 40.6. The summed E-state index contributed by atoms with van der Waals surface area (Å²) in [6.07, 6.45) is 1.43. The predicted molar refractivity (Wildman–Crippen MR) is 59.0 cm³/mol. The van der Waals surface area contributed by atoms with Crippen LogP contribution in [-0.4, -0.2) is 23.0 Å². The number of carbonyl (C=O) groups is 4. The summed E-state index contributed by atoms with van der Waals surface area (Å²) in [5.74, 6) is -0.838. The number of halogens is 2. The van der Waals surface area contributed by atoms with E-state index in [1.54, 1.807) is 0 Å². The zero-order chi connectivity index (χ0) is 13.3. The minimum Gasteiger partial charge on any atom is -0.348 e. The van der Waals surface area contributed by atoms with Gasteiger partial charge in [-0.25, -0.2) is 0 Å². The molecule has 0 saturated carbocycles. The van der Waals surface area contributed by atoms with Gasteiger partial charge in [0.05, 0.1) is 0 Å². The molecule has 17 heavy (non-hydrogen) atoms. The third-order valence-corrected chi connectivity index (χ3v) is 2.06. The first-order chi connectivity index (χ1) is 7.95. The van der Waals surface area contributed by atoms with Gasteiger partial charge in [0, 0.05) is 25.7 Å². The Bertz CT molecular complexity index is 305. The molecule has 1 aliphatic heterocycles. The highest BCUT2D eigenvalue weighted by Crippen LogP contribution is 2.01. The molecule has 1 aliphatic rings. The van der Waals surface area contributed by atoms with Gasteiger partial charge in [-0.2, -0.15) is 0 Å². The van der Waals surface area contributed by atoms with Crippen LogP contribution >= 0.6 is 23.5 Å². The predicted octanol–water partition coefficient (Wildman–Crippen LogP) is 1.04. The van der Waals surface area contributed by atoms with Crippen LogP contribution in [-0.2, 0) is 23.5 Å². The molecule has 96 valence electrons. The van der Waals surface area contributed by atoms with Crippen molar-refractivity contribution in [2.24, 2.45) is 0 Å². The molecule has 0 radical (unpaired) electrons. The lowest BCUT2D eigenvalue weighted by molar-refractivity contribution is -0.134. The van der Waals surface area contributed by atoms with Gasteiger partial charge in [-0.1, -0.05) is 0 Å². The summed E-state index contributed by atoms with van der Waals surface area (Å²) in [6, 6.07) is 0. The number of hydrogen-bond acceptors (Lipinski definition) is 5. The molecule has 0 bridgehead atoms. The third kappa shape index (κ3) is 9.77. The van der Waals surface area contributed by atoms with Gasteiger partial charge in [0.2, 0.25) is 17.1 Å². The maximum absolute atomic E-state index is 10.3. The summed E-state index contributed by atoms with van der Waals surface area (Å²) in [5, 5.41) is 1.68. The molecule has 1 saturated heterocycles. The van der Waals surface area contributed by atoms with Crippen molar-refractivity contribution in [3.05, 3.63) is 0 Å². The Balaban J connectivity index is 0.000000318. The topological polar surface area (TPSA) is 89.5 Å². The van der Waals surface area contributed by atoms with E-state index in [2.05, 4.69) is 9.61 Å². The molecule has 0 spiro atoms. The highest BCUT2D eigenvalue weighted by molar-refractivity contribution is 6.63. The fourth-order valence-electron chi connectivity index (χ4n) is 0.918. The number of rotatable bonds is 4. The largest absolute Gasteiger partial charge is 0.348 e. The van der Waals surface area contributed by atoms with Crippen LogP contribution in [0.4, 0.5) is 0 Å². The number of nitrogens with one attached hydrogen (secondary N) is 1. The van der Waals surface area contributed by atoms with Gasteiger partial charge in [-0.15, -0.1) is 0 Å². The maximum atomic E-state index is 10.3. The summed E-state index contributed by atoms with van der Waals surface area (Å²) in [6.45, 7) is 0. The molecule has 8 heteroatoms. The maximum Gasteiger partial charge on any atom is 0.324 e. The lowest BCUT2D eigenvalue weighted by Gasteiger charge is -1.91. The quantitative estimate of drug-likeness (QED) is 0.615. The second-order valence-corrected chi connectivity index (χ2v) is 3.71. The van der Waals surface area contributed by atoms with Crippen molar-refractivity contribution in [3.63, 3.8) is 0 Å². The van der Waals surface area contributed by atoms with Gasteiger partial charge in [0.15, 0.2) is 0 Å². The van der Waals surface area contributed by atoms with E-state index in [0.717, 1.165) is 0 Å². The average molecular weight is 284 g/mol. The van der Waals surface area contributed by atoms with E-state index in [4.69, 9.17) is 23.5 Å². The second-order valence-electron chi connectivity index (χ2n) is 3.13. The van der Waals surface area contributed by atoms with Crippen LogP contribution in [0.3, 0.4) is 0 Å². The number of imide groups is 1. The molecule has 1 rings (SSSR count). The molecule has 6 nitrogen and oxygen atoms in total. The Morgan fingerprint density at radius 3 is 2.00 bits per heavy atom. The van der Waals surface area contributed by atoms with Crippen LogP contribution in [0.25, 0.3) is 0 Å². The van der Waals surface area contributed by atoms with E-state index in [0.29, 0.717) is 19.3 Å². The molecule has 0 unspecified atom stereocenters. The minimum absolute atomic E-state index is 0.127. The molecule has 1 fully saturated rings. The summed E-state index contributed by atoms with van der Waals surface area (Å²) >= 11 is 9.68. The van der Waals surface area contributed by atoms with Crippen molar-refractivity contribution in [1.29, 1.82) is 0 Å². The molecular weight excluding hydrogens is 273 g/mol. The number of amides is 2. The van der Waals surface area contributed by atoms with Crippen molar-refractivity contribution in [1.82, 2.24) is 5.32 Å². The Labute approximate surface area is 108 Å². The Hall–Kier alpha value is -1.14. The van der Waals surface area contributed by atoms with Crippen molar-refractivity contribution in [2.75, 3.05) is 0 Å². The monoisotopic (exact) mass is 283 g/mol.